The molecule has 2 saturated heterocycles. The van der Waals surface area contributed by atoms with Crippen LogP contribution in [0.5, 0.6) is 0 Å². The van der Waals surface area contributed by atoms with Crippen molar-refractivity contribution in [2.45, 2.75) is 18.5 Å². The van der Waals surface area contributed by atoms with Crippen molar-refractivity contribution in [1.29, 1.82) is 0 Å². The van der Waals surface area contributed by atoms with Gasteiger partial charge in [0.25, 0.3) is 0 Å². The van der Waals surface area contributed by atoms with Crippen molar-refractivity contribution >= 4 is 53.5 Å². The Morgan fingerprint density at radius 2 is 2.04 bits per heavy atom. The van der Waals surface area contributed by atoms with E-state index in [9.17, 15) is 24.3 Å². The number of hydrogen-bond acceptors (Lipinski definition) is 7. The first-order valence-electron chi connectivity index (χ1n) is 7.36. The van der Waals surface area contributed by atoms with Crippen molar-refractivity contribution < 1.29 is 33.8 Å². The maximum absolute atomic E-state index is 12.4. The fraction of sp³-hybridized carbons (Fsp3) is 0.571. The number of carboxylic acid groups (broad SMARTS) is 1. The third-order valence-corrected chi connectivity index (χ3v) is 4.69. The van der Waals surface area contributed by atoms with E-state index in [4.69, 9.17) is 10.5 Å². The summed E-state index contributed by atoms with van der Waals surface area (Å²) in [5.74, 6) is -2.12. The van der Waals surface area contributed by atoms with E-state index < -0.39 is 24.1 Å². The molecular formula is C14H18N3NaO7. The Kier molecular flexibility index (Phi) is 5.77. The third kappa shape index (κ3) is 3.26. The van der Waals surface area contributed by atoms with Gasteiger partial charge in [0.05, 0.1) is 19.7 Å². The number of primary amides is 1. The zero-order valence-corrected chi connectivity index (χ0v) is 12.9. The van der Waals surface area contributed by atoms with Gasteiger partial charge >= 0.3 is 47.6 Å². The van der Waals surface area contributed by atoms with Crippen LogP contribution in [-0.4, -0.2) is 107 Å². The molecule has 2 amide bonds. The van der Waals surface area contributed by atoms with E-state index >= 15 is 0 Å². The Morgan fingerprint density at radius 3 is 2.60 bits per heavy atom. The van der Waals surface area contributed by atoms with Gasteiger partial charge in [-0.3, -0.25) is 19.4 Å². The van der Waals surface area contributed by atoms with Crippen LogP contribution in [0.25, 0.3) is 0 Å². The first-order chi connectivity index (χ1) is 11.3. The molecule has 0 spiro atoms. The van der Waals surface area contributed by atoms with Crippen LogP contribution in [0, 0.1) is 5.92 Å². The second-order valence-electron chi connectivity index (χ2n) is 5.98. The molecule has 3 N–H and O–H groups in total. The van der Waals surface area contributed by atoms with Gasteiger partial charge in [0, 0.05) is 6.54 Å². The first-order valence-corrected chi connectivity index (χ1v) is 7.36. The first kappa shape index (κ1) is 19.7. The second kappa shape index (κ2) is 7.32. The molecule has 3 heterocycles. The van der Waals surface area contributed by atoms with E-state index in [1.807, 2.05) is 0 Å². The zero-order chi connectivity index (χ0) is 17.6. The molecule has 0 saturated carbocycles. The number of nitrogens with zero attached hydrogens (tertiary/aromatic N) is 2. The van der Waals surface area contributed by atoms with Crippen LogP contribution in [0.15, 0.2) is 11.3 Å². The minimum absolute atomic E-state index is 0. The number of rotatable bonds is 5. The fourth-order valence-corrected chi connectivity index (χ4v) is 3.82. The van der Waals surface area contributed by atoms with Crippen molar-refractivity contribution in [2.24, 2.45) is 11.7 Å². The molecule has 10 nitrogen and oxygen atoms in total. The number of β-lactam (4-membered cyclic amide) rings is 1. The number of carbonyl (C=O) groups excluding carboxylic acids is 3. The summed E-state index contributed by atoms with van der Waals surface area (Å²) in [5, 5.41) is 9.44. The minimum atomic E-state index is -1.25. The van der Waals surface area contributed by atoms with Gasteiger partial charge < -0.3 is 20.3 Å². The van der Waals surface area contributed by atoms with Crippen LogP contribution in [0.3, 0.4) is 0 Å². The summed E-state index contributed by atoms with van der Waals surface area (Å²) in [5.41, 5.74) is 5.12. The Morgan fingerprint density at radius 1 is 1.36 bits per heavy atom. The summed E-state index contributed by atoms with van der Waals surface area (Å²) in [6, 6.07) is -0.798. The molecule has 2 fully saturated rings. The molecule has 3 aliphatic rings. The second-order valence-corrected chi connectivity index (χ2v) is 5.98. The Bertz CT molecular complexity index is 665. The van der Waals surface area contributed by atoms with Crippen LogP contribution in [0.2, 0.25) is 0 Å². The fourth-order valence-electron chi connectivity index (χ4n) is 3.82. The number of carboxylic acids is 1. The maximum atomic E-state index is 12.4. The Hall–Kier alpha value is -1.62. The van der Waals surface area contributed by atoms with Gasteiger partial charge in [-0.1, -0.05) is 0 Å². The van der Waals surface area contributed by atoms with Gasteiger partial charge in [0.2, 0.25) is 5.91 Å². The molecule has 3 aliphatic heterocycles. The van der Waals surface area contributed by atoms with Gasteiger partial charge in [0.1, 0.15) is 18.3 Å². The van der Waals surface area contributed by atoms with Crippen LogP contribution in [0.1, 0.15) is 6.42 Å². The average Bonchev–Trinajstić information content (AvgIpc) is 2.85. The standard InChI is InChI=1S/C14H17N3O7.Na.H/c1-23-8(18)4-16-3-6-2-7(5-24-14(15)22)10(13(20)21)17-9(6)11(16)12(17)19;;/h6,9,11H,2-5H2,1H3,(H2,15,22)(H,20,21);;/t6-,9-,11+;;/m1../s1. The van der Waals surface area contributed by atoms with Crippen molar-refractivity contribution in [1.82, 2.24) is 9.80 Å². The van der Waals surface area contributed by atoms with Crippen LogP contribution < -0.4 is 5.73 Å². The Labute approximate surface area is 165 Å². The molecule has 0 unspecified atom stereocenters. The average molecular weight is 363 g/mol. The number of carbonyl (C=O) groups is 4. The molecule has 3 rings (SSSR count). The van der Waals surface area contributed by atoms with Gasteiger partial charge in [-0.05, 0) is 17.9 Å². The van der Waals surface area contributed by atoms with E-state index in [0.29, 0.717) is 18.5 Å². The van der Waals surface area contributed by atoms with Gasteiger partial charge in [0.15, 0.2) is 0 Å². The number of aliphatic carboxylic acids is 1. The van der Waals surface area contributed by atoms with Gasteiger partial charge in [-0.2, -0.15) is 0 Å². The van der Waals surface area contributed by atoms with Crippen LogP contribution in [0.4, 0.5) is 4.79 Å². The summed E-state index contributed by atoms with van der Waals surface area (Å²) in [6.45, 7) is 0.161. The summed E-state index contributed by atoms with van der Waals surface area (Å²) < 4.78 is 9.34. The summed E-state index contributed by atoms with van der Waals surface area (Å²) in [4.78, 5) is 49.2. The number of methoxy groups -OCH3 is 1. The molecule has 0 aliphatic carbocycles. The third-order valence-electron chi connectivity index (χ3n) is 4.69. The van der Waals surface area contributed by atoms with Crippen molar-refractivity contribution in [3.63, 3.8) is 0 Å². The summed E-state index contributed by atoms with van der Waals surface area (Å²) in [6.07, 6.45) is -0.654. The molecule has 0 aromatic heterocycles. The zero-order valence-electron chi connectivity index (χ0n) is 12.9. The van der Waals surface area contributed by atoms with Crippen molar-refractivity contribution in [3.8, 4) is 0 Å². The number of nitrogens with two attached hydrogens (primary N) is 1. The van der Waals surface area contributed by atoms with Crippen LogP contribution in [-0.2, 0) is 23.9 Å². The summed E-state index contributed by atoms with van der Waals surface area (Å²) in [7, 11) is 1.27. The van der Waals surface area contributed by atoms with E-state index in [0.717, 1.165) is 0 Å². The molecule has 0 radical (unpaired) electrons. The molecule has 3 atom stereocenters. The predicted molar refractivity (Wildman–Crippen MR) is 83.5 cm³/mol. The van der Waals surface area contributed by atoms with Gasteiger partial charge in [-0.15, -0.1) is 0 Å². The Balaban J connectivity index is 0.00000225. The molecular weight excluding hydrogens is 345 g/mol. The number of ether oxygens (including phenoxy) is 2. The SMILES string of the molecule is COC(=O)CN1C[C@H]2CC(COC(N)=O)=C(C(=O)O)N3C(=O)[C@@H]1[C@@H]23.[NaH]. The molecule has 11 heteroatoms. The number of esters is 1. The molecule has 0 bridgehead atoms. The van der Waals surface area contributed by atoms with Crippen LogP contribution >= 0.6 is 0 Å². The van der Waals surface area contributed by atoms with Gasteiger partial charge in [-0.25, -0.2) is 9.59 Å². The molecule has 0 aromatic carbocycles. The topological polar surface area (TPSA) is 139 Å². The normalized spacial score (nSPS) is 27.2. The quantitative estimate of drug-likeness (QED) is 0.320. The summed E-state index contributed by atoms with van der Waals surface area (Å²) >= 11 is 0. The van der Waals surface area contributed by atoms with Crippen molar-refractivity contribution in [3.05, 3.63) is 11.3 Å². The van der Waals surface area contributed by atoms with Crippen molar-refractivity contribution in [2.75, 3.05) is 26.8 Å². The molecule has 25 heavy (non-hydrogen) atoms. The van der Waals surface area contributed by atoms with E-state index in [1.165, 1.54) is 12.0 Å². The molecule has 132 valence electrons. The number of likely N-dealkylation sites (tertiary alicyclic amines) is 1. The predicted octanol–water partition coefficient (Wildman–Crippen LogP) is -2.14. The number of hydrogen-bond donors (Lipinski definition) is 2. The monoisotopic (exact) mass is 363 g/mol. The number of amides is 2. The van der Waals surface area contributed by atoms with E-state index in [2.05, 4.69) is 4.74 Å². The van der Waals surface area contributed by atoms with E-state index in [1.54, 1.807) is 4.90 Å². The van der Waals surface area contributed by atoms with E-state index in [-0.39, 0.29) is 66.3 Å². The molecule has 0 aromatic rings.